The van der Waals surface area contributed by atoms with Gasteiger partial charge in [-0.05, 0) is 48.4 Å². The minimum atomic E-state index is -0.255. The van der Waals surface area contributed by atoms with Gasteiger partial charge in [-0.25, -0.2) is 5.43 Å². The fraction of sp³-hybridized carbons (Fsp3) is 0.417. The summed E-state index contributed by atoms with van der Waals surface area (Å²) >= 11 is 0. The Hall–Kier alpha value is -2.62. The molecule has 0 aromatic heterocycles. The number of unbranched alkanes of at least 4 members (excludes halogenated alkanes) is 2. The van der Waals surface area contributed by atoms with Crippen molar-refractivity contribution in [3.05, 3.63) is 65.7 Å². The zero-order valence-electron chi connectivity index (χ0n) is 17.3. The number of nitrogens with one attached hydrogen (secondary N) is 1. The predicted molar refractivity (Wildman–Crippen MR) is 116 cm³/mol. The number of hydrogen-bond acceptors (Lipinski definition) is 3. The Morgan fingerprint density at radius 2 is 1.75 bits per heavy atom. The molecule has 2 aromatic carbocycles. The Labute approximate surface area is 169 Å². The van der Waals surface area contributed by atoms with E-state index >= 15 is 0 Å². The van der Waals surface area contributed by atoms with Crippen LogP contribution in [0.25, 0.3) is 0 Å². The molecule has 0 radical (unpaired) electrons. The van der Waals surface area contributed by atoms with Gasteiger partial charge in [0.25, 0.3) is 5.91 Å². The molecule has 0 fully saturated rings. The van der Waals surface area contributed by atoms with Crippen molar-refractivity contribution in [3.63, 3.8) is 0 Å². The van der Waals surface area contributed by atoms with Gasteiger partial charge in [-0.3, -0.25) is 4.79 Å². The van der Waals surface area contributed by atoms with Gasteiger partial charge in [0.15, 0.2) is 6.61 Å². The average Bonchev–Trinajstić information content (AvgIpc) is 2.75. The van der Waals surface area contributed by atoms with E-state index in [0.717, 1.165) is 43.4 Å². The molecule has 0 saturated heterocycles. The SMILES string of the molecule is CCCCCC(=NNC(=O)COc1ccc(C(C)CC)cc1)c1ccccc1. The molecule has 0 saturated carbocycles. The molecule has 0 aliphatic heterocycles. The van der Waals surface area contributed by atoms with Crippen LogP contribution in [0.1, 0.15) is 69.9 Å². The maximum atomic E-state index is 12.2. The number of nitrogens with zero attached hydrogens (tertiary/aromatic N) is 1. The second-order valence-electron chi connectivity index (χ2n) is 7.08. The Kier molecular flexibility index (Phi) is 9.26. The molecule has 2 rings (SSSR count). The first-order chi connectivity index (χ1) is 13.6. The lowest BCUT2D eigenvalue weighted by Gasteiger charge is -2.11. The number of ether oxygens (including phenoxy) is 1. The molecule has 0 aliphatic carbocycles. The summed E-state index contributed by atoms with van der Waals surface area (Å²) in [5.41, 5.74) is 5.87. The number of carbonyl (C=O) groups excluding carboxylic acids is 1. The predicted octanol–water partition coefficient (Wildman–Crippen LogP) is 5.68. The summed E-state index contributed by atoms with van der Waals surface area (Å²) in [6.07, 6.45) is 5.30. The smallest absolute Gasteiger partial charge is 0.277 e. The van der Waals surface area contributed by atoms with Crippen LogP contribution in [0.5, 0.6) is 5.75 Å². The Balaban J connectivity index is 1.90. The number of hydrazone groups is 1. The topological polar surface area (TPSA) is 50.7 Å². The first-order valence-electron chi connectivity index (χ1n) is 10.3. The lowest BCUT2D eigenvalue weighted by Crippen LogP contribution is -2.26. The van der Waals surface area contributed by atoms with E-state index < -0.39 is 0 Å². The van der Waals surface area contributed by atoms with Crippen molar-refractivity contribution in [3.8, 4) is 5.75 Å². The molecule has 2 aromatic rings. The first-order valence-corrected chi connectivity index (χ1v) is 10.3. The molecule has 4 nitrogen and oxygen atoms in total. The molecule has 0 heterocycles. The molecule has 0 aliphatic rings. The molecule has 1 unspecified atom stereocenters. The summed E-state index contributed by atoms with van der Waals surface area (Å²) < 4.78 is 5.59. The number of rotatable bonds is 11. The second kappa shape index (κ2) is 12.0. The molecule has 150 valence electrons. The largest absolute Gasteiger partial charge is 0.484 e. The fourth-order valence-corrected chi connectivity index (χ4v) is 2.88. The van der Waals surface area contributed by atoms with Crippen LogP contribution in [0.2, 0.25) is 0 Å². The van der Waals surface area contributed by atoms with Crippen LogP contribution >= 0.6 is 0 Å². The summed E-state index contributed by atoms with van der Waals surface area (Å²) in [6, 6.07) is 17.9. The van der Waals surface area contributed by atoms with Gasteiger partial charge in [-0.2, -0.15) is 5.10 Å². The summed E-state index contributed by atoms with van der Waals surface area (Å²) in [5.74, 6) is 0.961. The van der Waals surface area contributed by atoms with Gasteiger partial charge >= 0.3 is 0 Å². The van der Waals surface area contributed by atoms with Gasteiger partial charge < -0.3 is 4.74 Å². The average molecular weight is 381 g/mol. The number of carbonyl (C=O) groups is 1. The summed E-state index contributed by atoms with van der Waals surface area (Å²) in [4.78, 5) is 12.2. The molecule has 28 heavy (non-hydrogen) atoms. The third kappa shape index (κ3) is 7.18. The van der Waals surface area contributed by atoms with Crippen LogP contribution in [0, 0.1) is 0 Å². The zero-order chi connectivity index (χ0) is 20.2. The van der Waals surface area contributed by atoms with Crippen molar-refractivity contribution in [2.45, 2.75) is 58.8 Å². The molecule has 0 spiro atoms. The molecule has 1 atom stereocenters. The highest BCUT2D eigenvalue weighted by Crippen LogP contribution is 2.21. The van der Waals surface area contributed by atoms with Crippen molar-refractivity contribution < 1.29 is 9.53 Å². The van der Waals surface area contributed by atoms with Gasteiger partial charge in [-0.1, -0.05) is 76.1 Å². The van der Waals surface area contributed by atoms with Crippen LogP contribution in [0.3, 0.4) is 0 Å². The lowest BCUT2D eigenvalue weighted by atomic mass is 9.99. The molecule has 4 heteroatoms. The van der Waals surface area contributed by atoms with Gasteiger partial charge in [0.2, 0.25) is 0 Å². The quantitative estimate of drug-likeness (QED) is 0.310. The van der Waals surface area contributed by atoms with Gasteiger partial charge in [0, 0.05) is 0 Å². The fourth-order valence-electron chi connectivity index (χ4n) is 2.88. The third-order valence-corrected chi connectivity index (χ3v) is 4.87. The monoisotopic (exact) mass is 380 g/mol. The van der Waals surface area contributed by atoms with Gasteiger partial charge in [0.05, 0.1) is 5.71 Å². The molecular weight excluding hydrogens is 348 g/mol. The Morgan fingerprint density at radius 1 is 1.04 bits per heavy atom. The molecule has 1 amide bonds. The van der Waals surface area contributed by atoms with Crippen molar-refractivity contribution in [1.82, 2.24) is 5.43 Å². The van der Waals surface area contributed by atoms with Crippen LogP contribution in [-0.2, 0) is 4.79 Å². The standard InChI is InChI=1S/C24H32N2O2/c1-4-6-8-13-23(21-11-9-7-10-12-21)25-26-24(27)18-28-22-16-14-20(15-17-22)19(3)5-2/h7,9-12,14-17,19H,4-6,8,13,18H2,1-3H3,(H,26,27). The van der Waals surface area contributed by atoms with E-state index in [0.29, 0.717) is 11.7 Å². The van der Waals surface area contributed by atoms with E-state index in [2.05, 4.69) is 43.4 Å². The van der Waals surface area contributed by atoms with E-state index in [9.17, 15) is 4.79 Å². The van der Waals surface area contributed by atoms with E-state index in [1.54, 1.807) is 0 Å². The van der Waals surface area contributed by atoms with E-state index in [1.165, 1.54) is 5.56 Å². The van der Waals surface area contributed by atoms with Crippen molar-refractivity contribution in [1.29, 1.82) is 0 Å². The second-order valence-corrected chi connectivity index (χ2v) is 7.08. The van der Waals surface area contributed by atoms with Crippen LogP contribution in [0.15, 0.2) is 59.7 Å². The highest BCUT2D eigenvalue weighted by molar-refractivity contribution is 6.01. The summed E-state index contributed by atoms with van der Waals surface area (Å²) in [5, 5.41) is 4.36. The van der Waals surface area contributed by atoms with Crippen molar-refractivity contribution in [2.75, 3.05) is 6.61 Å². The summed E-state index contributed by atoms with van der Waals surface area (Å²) in [7, 11) is 0. The maximum Gasteiger partial charge on any atom is 0.277 e. The minimum Gasteiger partial charge on any atom is -0.484 e. The van der Waals surface area contributed by atoms with Crippen LogP contribution in [-0.4, -0.2) is 18.2 Å². The number of amides is 1. The molecule has 1 N–H and O–H groups in total. The highest BCUT2D eigenvalue weighted by atomic mass is 16.5. The molecule has 0 bridgehead atoms. The van der Waals surface area contributed by atoms with E-state index in [-0.39, 0.29) is 12.5 Å². The van der Waals surface area contributed by atoms with Crippen LogP contribution in [0.4, 0.5) is 0 Å². The highest BCUT2D eigenvalue weighted by Gasteiger charge is 2.07. The zero-order valence-corrected chi connectivity index (χ0v) is 17.3. The Morgan fingerprint density at radius 3 is 2.39 bits per heavy atom. The maximum absolute atomic E-state index is 12.2. The van der Waals surface area contributed by atoms with Crippen molar-refractivity contribution in [2.24, 2.45) is 5.10 Å². The van der Waals surface area contributed by atoms with Crippen LogP contribution < -0.4 is 10.2 Å². The normalized spacial score (nSPS) is 12.5. The lowest BCUT2D eigenvalue weighted by molar-refractivity contribution is -0.123. The third-order valence-electron chi connectivity index (χ3n) is 4.87. The Bertz CT molecular complexity index is 739. The number of hydrogen-bond donors (Lipinski definition) is 1. The van der Waals surface area contributed by atoms with E-state index in [4.69, 9.17) is 4.74 Å². The molecular formula is C24H32N2O2. The van der Waals surface area contributed by atoms with E-state index in [1.807, 2.05) is 42.5 Å². The van der Waals surface area contributed by atoms with Crippen molar-refractivity contribution >= 4 is 11.6 Å². The van der Waals surface area contributed by atoms with Gasteiger partial charge in [-0.15, -0.1) is 0 Å². The minimum absolute atomic E-state index is 0.0524. The van der Waals surface area contributed by atoms with Gasteiger partial charge in [0.1, 0.15) is 5.75 Å². The number of benzene rings is 2. The summed E-state index contributed by atoms with van der Waals surface area (Å²) in [6.45, 7) is 6.50. The first kappa shape index (κ1) is 21.7.